The summed E-state index contributed by atoms with van der Waals surface area (Å²) in [6.07, 6.45) is 0. The van der Waals surface area contributed by atoms with Crippen LogP contribution < -0.4 is 15.4 Å². The van der Waals surface area contributed by atoms with Gasteiger partial charge < -0.3 is 15.4 Å². The minimum Gasteiger partial charge on any atom is -0.497 e. The van der Waals surface area contributed by atoms with E-state index in [1.165, 1.54) is 5.56 Å². The van der Waals surface area contributed by atoms with Gasteiger partial charge in [0.05, 0.1) is 7.11 Å². The first kappa shape index (κ1) is 18.3. The number of hydrogen-bond acceptors (Lipinski definition) is 2. The summed E-state index contributed by atoms with van der Waals surface area (Å²) in [5.41, 5.74) is 1.28. The van der Waals surface area contributed by atoms with Gasteiger partial charge in [0, 0.05) is 25.0 Å². The van der Waals surface area contributed by atoms with Crippen molar-refractivity contribution in [3.63, 3.8) is 0 Å². The molecule has 2 N–H and O–H groups in total. The third-order valence-electron chi connectivity index (χ3n) is 4.16. The van der Waals surface area contributed by atoms with Gasteiger partial charge in [0.2, 0.25) is 0 Å². The molecular weight excluding hydrogens is 274 g/mol. The first-order valence-electron chi connectivity index (χ1n) is 7.92. The van der Waals surface area contributed by atoms with Crippen LogP contribution in [0.5, 0.6) is 5.75 Å². The third-order valence-corrected chi connectivity index (χ3v) is 4.16. The summed E-state index contributed by atoms with van der Waals surface area (Å²) in [4.78, 5) is 4.31. The monoisotopic (exact) mass is 305 g/mol. The molecule has 0 aliphatic heterocycles. The van der Waals surface area contributed by atoms with Crippen molar-refractivity contribution in [1.82, 2.24) is 10.6 Å². The van der Waals surface area contributed by atoms with Gasteiger partial charge >= 0.3 is 0 Å². The van der Waals surface area contributed by atoms with E-state index < -0.39 is 0 Å². The van der Waals surface area contributed by atoms with E-state index in [9.17, 15) is 0 Å². The number of hydrogen-bond donors (Lipinski definition) is 2. The molecule has 0 saturated heterocycles. The molecule has 0 aliphatic carbocycles. The first-order valence-corrected chi connectivity index (χ1v) is 7.92. The van der Waals surface area contributed by atoms with Crippen LogP contribution in [0, 0.1) is 5.92 Å². The molecule has 0 fully saturated rings. The molecule has 1 rings (SSSR count). The maximum Gasteiger partial charge on any atom is 0.191 e. The van der Waals surface area contributed by atoms with Crippen molar-refractivity contribution in [2.75, 3.05) is 20.7 Å². The van der Waals surface area contributed by atoms with E-state index >= 15 is 0 Å². The van der Waals surface area contributed by atoms with Crippen molar-refractivity contribution in [1.29, 1.82) is 0 Å². The lowest BCUT2D eigenvalue weighted by Gasteiger charge is -2.28. The second kappa shape index (κ2) is 8.06. The van der Waals surface area contributed by atoms with Gasteiger partial charge in [0.15, 0.2) is 5.96 Å². The zero-order valence-corrected chi connectivity index (χ0v) is 15.0. The van der Waals surface area contributed by atoms with Crippen LogP contribution in [0.25, 0.3) is 0 Å². The van der Waals surface area contributed by atoms with Gasteiger partial charge in [-0.3, -0.25) is 4.99 Å². The van der Waals surface area contributed by atoms with Crippen LogP contribution in [0.15, 0.2) is 29.3 Å². The Labute approximate surface area is 135 Å². The number of rotatable bonds is 6. The summed E-state index contributed by atoms with van der Waals surface area (Å²) in [7, 11) is 3.50. The molecule has 0 heterocycles. The quantitative estimate of drug-likeness (QED) is 0.627. The van der Waals surface area contributed by atoms with Crippen LogP contribution in [0.1, 0.15) is 40.2 Å². The van der Waals surface area contributed by atoms with Gasteiger partial charge in [0.1, 0.15) is 5.75 Å². The van der Waals surface area contributed by atoms with Crippen LogP contribution >= 0.6 is 0 Å². The number of benzene rings is 1. The first-order chi connectivity index (χ1) is 10.3. The number of ether oxygens (including phenoxy) is 1. The molecule has 0 spiro atoms. The lowest BCUT2D eigenvalue weighted by molar-refractivity contribution is 0.413. The van der Waals surface area contributed by atoms with E-state index in [4.69, 9.17) is 4.74 Å². The molecule has 0 bridgehead atoms. The highest BCUT2D eigenvalue weighted by molar-refractivity contribution is 5.80. The van der Waals surface area contributed by atoms with Crippen molar-refractivity contribution < 1.29 is 4.74 Å². The van der Waals surface area contributed by atoms with Crippen molar-refractivity contribution >= 4 is 5.96 Å². The molecule has 0 amide bonds. The zero-order chi connectivity index (χ0) is 16.8. The Morgan fingerprint density at radius 1 is 1.18 bits per heavy atom. The molecule has 0 radical (unpaired) electrons. The molecular formula is C18H31N3O. The van der Waals surface area contributed by atoms with Gasteiger partial charge in [-0.15, -0.1) is 0 Å². The van der Waals surface area contributed by atoms with Gasteiger partial charge in [-0.1, -0.05) is 39.8 Å². The highest BCUT2D eigenvalue weighted by Crippen LogP contribution is 2.24. The lowest BCUT2D eigenvalue weighted by Crippen LogP contribution is -2.47. The van der Waals surface area contributed by atoms with Gasteiger partial charge in [-0.05, 0) is 30.5 Å². The molecule has 1 atom stereocenters. The predicted octanol–water partition coefficient (Wildman–Crippen LogP) is 3.18. The fourth-order valence-electron chi connectivity index (χ4n) is 2.03. The van der Waals surface area contributed by atoms with Crippen LogP contribution in [0.2, 0.25) is 0 Å². The number of guanidine groups is 1. The summed E-state index contributed by atoms with van der Waals surface area (Å²) in [5.74, 6) is 2.30. The highest BCUT2D eigenvalue weighted by atomic mass is 16.5. The van der Waals surface area contributed by atoms with Crippen molar-refractivity contribution in [2.45, 2.75) is 46.1 Å². The number of nitrogens with one attached hydrogen (secondary N) is 2. The summed E-state index contributed by atoms with van der Waals surface area (Å²) in [6.45, 7) is 11.8. The summed E-state index contributed by atoms with van der Waals surface area (Å²) in [5, 5.41) is 6.86. The molecule has 0 aromatic heterocycles. The fraction of sp³-hybridized carbons (Fsp3) is 0.611. The second-order valence-corrected chi connectivity index (χ2v) is 6.72. The standard InChI is InChI=1S/C18H31N3O/c1-13(2)14(3)21-17(19-6)20-12-18(4,5)15-8-10-16(22-7)11-9-15/h8-11,13-14H,12H2,1-7H3,(H2,19,20,21). The fourth-order valence-corrected chi connectivity index (χ4v) is 2.03. The van der Waals surface area contributed by atoms with Crippen molar-refractivity contribution in [2.24, 2.45) is 10.9 Å². The normalized spacial score (nSPS) is 13.9. The zero-order valence-electron chi connectivity index (χ0n) is 15.0. The Hall–Kier alpha value is -1.71. The summed E-state index contributed by atoms with van der Waals surface area (Å²) < 4.78 is 5.22. The topological polar surface area (TPSA) is 45.7 Å². The van der Waals surface area contributed by atoms with Gasteiger partial charge in [-0.2, -0.15) is 0 Å². The van der Waals surface area contributed by atoms with Crippen LogP contribution in [-0.2, 0) is 5.41 Å². The van der Waals surface area contributed by atoms with Crippen LogP contribution in [-0.4, -0.2) is 32.7 Å². The lowest BCUT2D eigenvalue weighted by atomic mass is 9.84. The van der Waals surface area contributed by atoms with Crippen LogP contribution in [0.3, 0.4) is 0 Å². The van der Waals surface area contributed by atoms with E-state index in [2.05, 4.69) is 62.4 Å². The molecule has 0 aliphatic rings. The number of methoxy groups -OCH3 is 1. The average Bonchev–Trinajstić information content (AvgIpc) is 2.51. The van der Waals surface area contributed by atoms with Gasteiger partial charge in [0.25, 0.3) is 0 Å². The number of nitrogens with zero attached hydrogens (tertiary/aromatic N) is 1. The number of aliphatic imine (C=N–C) groups is 1. The molecule has 4 heteroatoms. The Kier molecular flexibility index (Phi) is 6.72. The van der Waals surface area contributed by atoms with E-state index in [1.807, 2.05) is 19.2 Å². The highest BCUT2D eigenvalue weighted by Gasteiger charge is 2.21. The largest absolute Gasteiger partial charge is 0.497 e. The SMILES string of the molecule is CN=C(NCC(C)(C)c1ccc(OC)cc1)NC(C)C(C)C. The molecule has 1 aromatic rings. The van der Waals surface area contributed by atoms with E-state index in [1.54, 1.807) is 7.11 Å². The molecule has 1 aromatic carbocycles. The van der Waals surface area contributed by atoms with E-state index in [-0.39, 0.29) is 5.41 Å². The minimum atomic E-state index is 0.00492. The molecule has 124 valence electrons. The maximum absolute atomic E-state index is 5.22. The minimum absolute atomic E-state index is 0.00492. The third kappa shape index (κ3) is 5.24. The van der Waals surface area contributed by atoms with E-state index in [0.717, 1.165) is 18.3 Å². The van der Waals surface area contributed by atoms with Gasteiger partial charge in [-0.25, -0.2) is 0 Å². The molecule has 0 saturated carbocycles. The summed E-state index contributed by atoms with van der Waals surface area (Å²) in [6, 6.07) is 8.63. The molecule has 4 nitrogen and oxygen atoms in total. The average molecular weight is 305 g/mol. The Balaban J connectivity index is 2.66. The smallest absolute Gasteiger partial charge is 0.191 e. The Morgan fingerprint density at radius 3 is 2.23 bits per heavy atom. The molecule has 22 heavy (non-hydrogen) atoms. The van der Waals surface area contributed by atoms with E-state index in [0.29, 0.717) is 12.0 Å². The Morgan fingerprint density at radius 2 is 1.77 bits per heavy atom. The summed E-state index contributed by atoms with van der Waals surface area (Å²) >= 11 is 0. The van der Waals surface area contributed by atoms with Crippen molar-refractivity contribution in [3.8, 4) is 5.75 Å². The predicted molar refractivity (Wildman–Crippen MR) is 94.8 cm³/mol. The van der Waals surface area contributed by atoms with Crippen LogP contribution in [0.4, 0.5) is 0 Å². The Bertz CT molecular complexity index is 478. The second-order valence-electron chi connectivity index (χ2n) is 6.72. The maximum atomic E-state index is 5.22. The molecule has 1 unspecified atom stereocenters. The van der Waals surface area contributed by atoms with Crippen molar-refractivity contribution in [3.05, 3.63) is 29.8 Å².